The molecule has 0 atom stereocenters. The molecule has 1 aromatic heterocycles. The summed E-state index contributed by atoms with van der Waals surface area (Å²) in [6.45, 7) is 14.5. The van der Waals surface area contributed by atoms with Crippen molar-refractivity contribution in [2.24, 2.45) is 10.8 Å². The highest BCUT2D eigenvalue weighted by atomic mass is 15.4. The largest absolute Gasteiger partial charge is 0.253 e. The normalized spacial score (nSPS) is 13.1. The smallest absolute Gasteiger partial charge is 0.0832 e. The standard InChI is InChI=1S/C13H25N3/c1-7-16-9-11(14-15-16)8-13(5,6)10-12(2,3)4/h9H,7-8,10H2,1-6H3. The van der Waals surface area contributed by atoms with Crippen molar-refractivity contribution in [3.05, 3.63) is 11.9 Å². The molecule has 1 heterocycles. The Bertz CT molecular complexity index is 331. The molecule has 0 aliphatic heterocycles. The van der Waals surface area contributed by atoms with Crippen LogP contribution >= 0.6 is 0 Å². The summed E-state index contributed by atoms with van der Waals surface area (Å²) < 4.78 is 1.89. The summed E-state index contributed by atoms with van der Waals surface area (Å²) in [6.07, 6.45) is 4.26. The van der Waals surface area contributed by atoms with Crippen LogP contribution in [0.4, 0.5) is 0 Å². The lowest BCUT2D eigenvalue weighted by molar-refractivity contribution is 0.210. The Hall–Kier alpha value is -0.860. The first kappa shape index (κ1) is 13.2. The van der Waals surface area contributed by atoms with Gasteiger partial charge in [-0.2, -0.15) is 0 Å². The van der Waals surface area contributed by atoms with Crippen LogP contribution in [0.1, 0.15) is 53.7 Å². The van der Waals surface area contributed by atoms with Crippen molar-refractivity contribution in [1.29, 1.82) is 0 Å². The molecule has 0 N–H and O–H groups in total. The first-order chi connectivity index (χ1) is 7.22. The van der Waals surface area contributed by atoms with Gasteiger partial charge in [-0.25, -0.2) is 0 Å². The van der Waals surface area contributed by atoms with E-state index in [-0.39, 0.29) is 5.41 Å². The summed E-state index contributed by atoms with van der Waals surface area (Å²) in [7, 11) is 0. The Morgan fingerprint density at radius 2 is 1.81 bits per heavy atom. The van der Waals surface area contributed by atoms with E-state index in [2.05, 4.69) is 58.1 Å². The van der Waals surface area contributed by atoms with Gasteiger partial charge in [0, 0.05) is 12.7 Å². The molecule has 0 saturated heterocycles. The lowest BCUT2D eigenvalue weighted by Gasteiger charge is -2.31. The third-order valence-electron chi connectivity index (χ3n) is 2.58. The third kappa shape index (κ3) is 4.33. The fourth-order valence-electron chi connectivity index (χ4n) is 2.56. The molecule has 0 bridgehead atoms. The molecule has 1 rings (SSSR count). The second-order valence-corrected chi connectivity index (χ2v) is 6.64. The third-order valence-corrected chi connectivity index (χ3v) is 2.58. The predicted octanol–water partition coefficient (Wildman–Crippen LogP) is 3.30. The van der Waals surface area contributed by atoms with E-state index >= 15 is 0 Å². The van der Waals surface area contributed by atoms with Crippen molar-refractivity contribution < 1.29 is 0 Å². The topological polar surface area (TPSA) is 30.7 Å². The summed E-state index contributed by atoms with van der Waals surface area (Å²) in [5.41, 5.74) is 1.76. The summed E-state index contributed by atoms with van der Waals surface area (Å²) in [4.78, 5) is 0. The molecule has 0 aliphatic carbocycles. The Labute approximate surface area is 99.2 Å². The second kappa shape index (κ2) is 4.56. The van der Waals surface area contributed by atoms with E-state index in [1.807, 2.05) is 4.68 Å². The highest BCUT2D eigenvalue weighted by Crippen LogP contribution is 2.35. The summed E-state index contributed by atoms with van der Waals surface area (Å²) in [5.74, 6) is 0. The van der Waals surface area contributed by atoms with Gasteiger partial charge in [0.05, 0.1) is 5.69 Å². The van der Waals surface area contributed by atoms with Gasteiger partial charge in [0.25, 0.3) is 0 Å². The summed E-state index contributed by atoms with van der Waals surface area (Å²) in [6, 6.07) is 0. The van der Waals surface area contributed by atoms with Gasteiger partial charge in [0.1, 0.15) is 0 Å². The van der Waals surface area contributed by atoms with Crippen molar-refractivity contribution in [3.8, 4) is 0 Å². The van der Waals surface area contributed by atoms with Crippen molar-refractivity contribution in [1.82, 2.24) is 15.0 Å². The van der Waals surface area contributed by atoms with Crippen molar-refractivity contribution in [2.75, 3.05) is 0 Å². The summed E-state index contributed by atoms with van der Waals surface area (Å²) >= 11 is 0. The Morgan fingerprint density at radius 1 is 1.19 bits per heavy atom. The van der Waals surface area contributed by atoms with Crippen LogP contribution in [0.2, 0.25) is 0 Å². The molecule has 0 saturated carbocycles. The van der Waals surface area contributed by atoms with Gasteiger partial charge in [-0.05, 0) is 30.6 Å². The van der Waals surface area contributed by atoms with Crippen molar-refractivity contribution >= 4 is 0 Å². The average Bonchev–Trinajstić information content (AvgIpc) is 2.46. The average molecular weight is 223 g/mol. The Balaban J connectivity index is 2.65. The lowest BCUT2D eigenvalue weighted by Crippen LogP contribution is -2.23. The first-order valence-corrected chi connectivity index (χ1v) is 6.11. The number of aromatic nitrogens is 3. The van der Waals surface area contributed by atoms with Gasteiger partial charge in [-0.3, -0.25) is 4.68 Å². The number of hydrogen-bond acceptors (Lipinski definition) is 2. The van der Waals surface area contributed by atoms with E-state index in [9.17, 15) is 0 Å². The monoisotopic (exact) mass is 223 g/mol. The SMILES string of the molecule is CCn1cc(CC(C)(C)CC(C)(C)C)nn1. The van der Waals surface area contributed by atoms with Crippen LogP contribution in [-0.2, 0) is 13.0 Å². The molecule has 1 aromatic rings. The molecule has 0 radical (unpaired) electrons. The minimum absolute atomic E-state index is 0.285. The van der Waals surface area contributed by atoms with Gasteiger partial charge in [0.15, 0.2) is 0 Å². The predicted molar refractivity (Wildman–Crippen MR) is 67.3 cm³/mol. The molecule has 92 valence electrons. The minimum atomic E-state index is 0.285. The maximum Gasteiger partial charge on any atom is 0.0832 e. The fraction of sp³-hybridized carbons (Fsp3) is 0.846. The van der Waals surface area contributed by atoms with Crippen LogP contribution in [-0.4, -0.2) is 15.0 Å². The summed E-state index contributed by atoms with van der Waals surface area (Å²) in [5, 5.41) is 8.30. The van der Waals surface area contributed by atoms with E-state index < -0.39 is 0 Å². The van der Waals surface area contributed by atoms with Gasteiger partial charge >= 0.3 is 0 Å². The van der Waals surface area contributed by atoms with Crippen LogP contribution < -0.4 is 0 Å². The van der Waals surface area contributed by atoms with E-state index in [1.165, 1.54) is 6.42 Å². The van der Waals surface area contributed by atoms with Gasteiger partial charge in [0.2, 0.25) is 0 Å². The fourth-order valence-corrected chi connectivity index (χ4v) is 2.56. The molecule has 0 aromatic carbocycles. The zero-order valence-corrected chi connectivity index (χ0v) is 11.5. The molecule has 0 fully saturated rings. The number of rotatable bonds is 4. The minimum Gasteiger partial charge on any atom is -0.253 e. The van der Waals surface area contributed by atoms with E-state index in [4.69, 9.17) is 0 Å². The van der Waals surface area contributed by atoms with Gasteiger partial charge in [-0.1, -0.05) is 39.8 Å². The quantitative estimate of drug-likeness (QED) is 0.784. The van der Waals surface area contributed by atoms with Crippen LogP contribution in [0.5, 0.6) is 0 Å². The lowest BCUT2D eigenvalue weighted by atomic mass is 9.74. The molecule has 0 amide bonds. The maximum absolute atomic E-state index is 4.22. The second-order valence-electron chi connectivity index (χ2n) is 6.64. The van der Waals surface area contributed by atoms with Gasteiger partial charge < -0.3 is 0 Å². The molecule has 0 unspecified atom stereocenters. The van der Waals surface area contributed by atoms with E-state index in [0.29, 0.717) is 5.41 Å². The molecule has 0 aliphatic rings. The zero-order valence-electron chi connectivity index (χ0n) is 11.5. The Morgan fingerprint density at radius 3 is 2.25 bits per heavy atom. The Kier molecular flexibility index (Phi) is 3.76. The maximum atomic E-state index is 4.22. The van der Waals surface area contributed by atoms with Crippen LogP contribution in [0, 0.1) is 10.8 Å². The van der Waals surface area contributed by atoms with Crippen LogP contribution in [0.15, 0.2) is 6.20 Å². The molecule has 0 spiro atoms. The highest BCUT2D eigenvalue weighted by molar-refractivity contribution is 4.97. The molecule has 16 heavy (non-hydrogen) atoms. The molecule has 3 nitrogen and oxygen atoms in total. The first-order valence-electron chi connectivity index (χ1n) is 6.11. The van der Waals surface area contributed by atoms with Crippen LogP contribution in [0.25, 0.3) is 0 Å². The number of hydrogen-bond donors (Lipinski definition) is 0. The van der Waals surface area contributed by atoms with Crippen molar-refractivity contribution in [2.45, 2.75) is 60.9 Å². The van der Waals surface area contributed by atoms with Crippen LogP contribution in [0.3, 0.4) is 0 Å². The van der Waals surface area contributed by atoms with E-state index in [0.717, 1.165) is 18.7 Å². The number of aryl methyl sites for hydroxylation is 1. The molecular formula is C13H25N3. The van der Waals surface area contributed by atoms with E-state index in [1.54, 1.807) is 0 Å². The molecular weight excluding hydrogens is 198 g/mol. The molecule has 3 heteroatoms. The number of nitrogens with zero attached hydrogens (tertiary/aromatic N) is 3. The van der Waals surface area contributed by atoms with Gasteiger partial charge in [-0.15, -0.1) is 5.10 Å². The zero-order chi connectivity index (χ0) is 12.4. The van der Waals surface area contributed by atoms with Crippen molar-refractivity contribution in [3.63, 3.8) is 0 Å². The highest BCUT2D eigenvalue weighted by Gasteiger charge is 2.26.